The number of halogens is 2. The summed E-state index contributed by atoms with van der Waals surface area (Å²) < 4.78 is 19.2. The topological polar surface area (TPSA) is 21.3 Å². The van der Waals surface area contributed by atoms with E-state index in [1.54, 1.807) is 7.11 Å². The molecule has 0 aliphatic carbocycles. The smallest absolute Gasteiger partial charge is 0.124 e. The summed E-state index contributed by atoms with van der Waals surface area (Å²) >= 11 is 3.41. The first kappa shape index (κ1) is 15.0. The van der Waals surface area contributed by atoms with Crippen molar-refractivity contribution in [2.24, 2.45) is 0 Å². The number of likely N-dealkylation sites (N-methyl/N-ethyl adjacent to an activating group) is 1. The monoisotopic (exact) mass is 337 g/mol. The molecule has 0 fully saturated rings. The van der Waals surface area contributed by atoms with Crippen molar-refractivity contribution in [3.63, 3.8) is 0 Å². The van der Waals surface area contributed by atoms with Gasteiger partial charge >= 0.3 is 0 Å². The van der Waals surface area contributed by atoms with Crippen LogP contribution >= 0.6 is 15.9 Å². The maximum Gasteiger partial charge on any atom is 0.124 e. The molecule has 106 valence electrons. The summed E-state index contributed by atoms with van der Waals surface area (Å²) in [5, 5.41) is 3.29. The standard InChI is InChI=1S/C16H17BrFNO/c1-19-16(12-4-3-5-14(8-12)20-2)9-11-6-7-13(18)10-15(11)17/h3-8,10,16,19H,9H2,1-2H3. The molecule has 20 heavy (non-hydrogen) atoms. The Morgan fingerprint density at radius 2 is 2.05 bits per heavy atom. The summed E-state index contributed by atoms with van der Waals surface area (Å²) in [5.74, 6) is 0.601. The van der Waals surface area contributed by atoms with Crippen molar-refractivity contribution < 1.29 is 9.13 Å². The van der Waals surface area contributed by atoms with Crippen LogP contribution in [-0.4, -0.2) is 14.2 Å². The van der Waals surface area contributed by atoms with E-state index in [9.17, 15) is 4.39 Å². The van der Waals surface area contributed by atoms with Crippen molar-refractivity contribution in [2.75, 3.05) is 14.2 Å². The fourth-order valence-corrected chi connectivity index (χ4v) is 2.66. The Morgan fingerprint density at radius 3 is 2.70 bits per heavy atom. The van der Waals surface area contributed by atoms with Gasteiger partial charge < -0.3 is 10.1 Å². The average Bonchev–Trinajstić information content (AvgIpc) is 2.46. The van der Waals surface area contributed by atoms with Crippen LogP contribution in [0.5, 0.6) is 5.75 Å². The third kappa shape index (κ3) is 3.58. The quantitative estimate of drug-likeness (QED) is 0.886. The van der Waals surface area contributed by atoms with Gasteiger partial charge in [0.2, 0.25) is 0 Å². The lowest BCUT2D eigenvalue weighted by Crippen LogP contribution is -2.19. The number of ether oxygens (including phenoxy) is 1. The van der Waals surface area contributed by atoms with Crippen LogP contribution in [0.3, 0.4) is 0 Å². The number of nitrogens with one attached hydrogen (secondary N) is 1. The fraction of sp³-hybridized carbons (Fsp3) is 0.250. The Labute approximate surface area is 127 Å². The number of benzene rings is 2. The highest BCUT2D eigenvalue weighted by atomic mass is 79.9. The van der Waals surface area contributed by atoms with Gasteiger partial charge in [-0.1, -0.05) is 34.1 Å². The maximum atomic E-state index is 13.1. The van der Waals surface area contributed by atoms with Gasteiger partial charge in [-0.25, -0.2) is 4.39 Å². The van der Waals surface area contributed by atoms with Gasteiger partial charge in [0, 0.05) is 10.5 Å². The van der Waals surface area contributed by atoms with Gasteiger partial charge in [-0.3, -0.25) is 0 Å². The van der Waals surface area contributed by atoms with Gasteiger partial charge in [0.05, 0.1) is 7.11 Å². The second-order valence-corrected chi connectivity index (χ2v) is 5.41. The van der Waals surface area contributed by atoms with E-state index in [-0.39, 0.29) is 11.9 Å². The maximum absolute atomic E-state index is 13.1. The molecule has 0 saturated carbocycles. The first-order valence-corrected chi connectivity index (χ1v) is 7.18. The molecule has 2 rings (SSSR count). The van der Waals surface area contributed by atoms with E-state index in [1.165, 1.54) is 12.1 Å². The second kappa shape index (κ2) is 6.86. The van der Waals surface area contributed by atoms with Crippen LogP contribution in [0.25, 0.3) is 0 Å². The van der Waals surface area contributed by atoms with E-state index < -0.39 is 0 Å². The molecular weight excluding hydrogens is 321 g/mol. The molecule has 0 aliphatic heterocycles. The molecule has 0 aromatic heterocycles. The molecular formula is C16H17BrFNO. The van der Waals surface area contributed by atoms with Crippen molar-refractivity contribution in [3.8, 4) is 5.75 Å². The molecule has 0 saturated heterocycles. The molecule has 0 bridgehead atoms. The second-order valence-electron chi connectivity index (χ2n) is 4.56. The highest BCUT2D eigenvalue weighted by Crippen LogP contribution is 2.26. The van der Waals surface area contributed by atoms with Gasteiger partial charge in [-0.05, 0) is 48.9 Å². The molecule has 1 N–H and O–H groups in total. The van der Waals surface area contributed by atoms with Crippen LogP contribution < -0.4 is 10.1 Å². The molecule has 0 spiro atoms. The summed E-state index contributed by atoms with van der Waals surface area (Å²) in [5.41, 5.74) is 2.21. The third-order valence-corrected chi connectivity index (χ3v) is 4.02. The summed E-state index contributed by atoms with van der Waals surface area (Å²) in [6.45, 7) is 0. The molecule has 2 nitrogen and oxygen atoms in total. The van der Waals surface area contributed by atoms with E-state index in [4.69, 9.17) is 4.74 Å². The Hall–Kier alpha value is -1.39. The normalized spacial score (nSPS) is 12.2. The molecule has 0 amide bonds. The molecule has 2 aromatic carbocycles. The zero-order valence-corrected chi connectivity index (χ0v) is 13.1. The molecule has 0 radical (unpaired) electrons. The van der Waals surface area contributed by atoms with E-state index in [0.29, 0.717) is 0 Å². The average molecular weight is 338 g/mol. The molecule has 1 atom stereocenters. The number of methoxy groups -OCH3 is 1. The van der Waals surface area contributed by atoms with Crippen molar-refractivity contribution in [2.45, 2.75) is 12.5 Å². The highest BCUT2D eigenvalue weighted by Gasteiger charge is 2.13. The summed E-state index contributed by atoms with van der Waals surface area (Å²) in [4.78, 5) is 0. The minimum atomic E-state index is -0.233. The fourth-order valence-electron chi connectivity index (χ4n) is 2.15. The lowest BCUT2D eigenvalue weighted by atomic mass is 9.99. The lowest BCUT2D eigenvalue weighted by molar-refractivity contribution is 0.413. The van der Waals surface area contributed by atoms with Crippen LogP contribution in [0.2, 0.25) is 0 Å². The first-order valence-electron chi connectivity index (χ1n) is 6.39. The number of hydrogen-bond acceptors (Lipinski definition) is 2. The lowest BCUT2D eigenvalue weighted by Gasteiger charge is -2.18. The SMILES string of the molecule is CNC(Cc1ccc(F)cc1Br)c1cccc(OC)c1. The Balaban J connectivity index is 2.23. The van der Waals surface area contributed by atoms with E-state index in [0.717, 1.165) is 27.8 Å². The van der Waals surface area contributed by atoms with Gasteiger partial charge in [-0.15, -0.1) is 0 Å². The summed E-state index contributed by atoms with van der Waals surface area (Å²) in [6, 6.07) is 12.9. The molecule has 0 heterocycles. The molecule has 4 heteroatoms. The number of hydrogen-bond donors (Lipinski definition) is 1. The van der Waals surface area contributed by atoms with Crippen LogP contribution in [-0.2, 0) is 6.42 Å². The Bertz CT molecular complexity index is 588. The van der Waals surface area contributed by atoms with E-state index in [2.05, 4.69) is 27.3 Å². The first-order chi connectivity index (χ1) is 9.63. The zero-order chi connectivity index (χ0) is 14.5. The predicted molar refractivity (Wildman–Crippen MR) is 82.6 cm³/mol. The number of rotatable bonds is 5. The van der Waals surface area contributed by atoms with E-state index >= 15 is 0 Å². The Morgan fingerprint density at radius 1 is 1.25 bits per heavy atom. The minimum Gasteiger partial charge on any atom is -0.497 e. The van der Waals surface area contributed by atoms with Gasteiger partial charge in [0.1, 0.15) is 11.6 Å². The minimum absolute atomic E-state index is 0.145. The van der Waals surface area contributed by atoms with Gasteiger partial charge in [-0.2, -0.15) is 0 Å². The molecule has 1 unspecified atom stereocenters. The largest absolute Gasteiger partial charge is 0.497 e. The van der Waals surface area contributed by atoms with Crippen LogP contribution in [0.15, 0.2) is 46.9 Å². The zero-order valence-electron chi connectivity index (χ0n) is 11.5. The Kier molecular flexibility index (Phi) is 5.15. The van der Waals surface area contributed by atoms with E-state index in [1.807, 2.05) is 31.3 Å². The van der Waals surface area contributed by atoms with Crippen molar-refractivity contribution in [1.82, 2.24) is 5.32 Å². The van der Waals surface area contributed by atoms with Gasteiger partial charge in [0.25, 0.3) is 0 Å². The van der Waals surface area contributed by atoms with Crippen LogP contribution in [0.1, 0.15) is 17.2 Å². The van der Waals surface area contributed by atoms with Crippen LogP contribution in [0, 0.1) is 5.82 Å². The van der Waals surface area contributed by atoms with Crippen molar-refractivity contribution in [1.29, 1.82) is 0 Å². The summed E-state index contributed by atoms with van der Waals surface area (Å²) in [6.07, 6.45) is 0.768. The van der Waals surface area contributed by atoms with Gasteiger partial charge in [0.15, 0.2) is 0 Å². The van der Waals surface area contributed by atoms with Crippen molar-refractivity contribution >= 4 is 15.9 Å². The predicted octanol–water partition coefficient (Wildman–Crippen LogP) is 4.10. The van der Waals surface area contributed by atoms with Crippen molar-refractivity contribution in [3.05, 3.63) is 63.9 Å². The molecule has 0 aliphatic rings. The van der Waals surface area contributed by atoms with Crippen LogP contribution in [0.4, 0.5) is 4.39 Å². The molecule has 2 aromatic rings. The highest BCUT2D eigenvalue weighted by molar-refractivity contribution is 9.10. The third-order valence-electron chi connectivity index (χ3n) is 3.28. The summed E-state index contributed by atoms with van der Waals surface area (Å²) in [7, 11) is 3.58.